The van der Waals surface area contributed by atoms with Gasteiger partial charge in [0.25, 0.3) is 5.91 Å². The summed E-state index contributed by atoms with van der Waals surface area (Å²) >= 11 is 1.48. The number of carbonyl (C=O) groups is 1. The summed E-state index contributed by atoms with van der Waals surface area (Å²) in [4.78, 5) is 14.2. The van der Waals surface area contributed by atoms with Gasteiger partial charge >= 0.3 is 0 Å². The third-order valence-corrected chi connectivity index (χ3v) is 9.73. The van der Waals surface area contributed by atoms with Crippen molar-refractivity contribution < 1.29 is 13.2 Å². The number of nitrogens with one attached hydrogen (secondary N) is 1. The molecular weight excluding hydrogens is 466 g/mol. The SMILES string of the molecule is CC1CCc2c(sc(NC(=O)c3ccc(S(=O)(=O)N4CCc5ccccc5C4)cc3)c2C#N)C1. The molecule has 0 saturated carbocycles. The number of anilines is 1. The fourth-order valence-electron chi connectivity index (χ4n) is 4.73. The minimum Gasteiger partial charge on any atom is -0.312 e. The van der Waals surface area contributed by atoms with Crippen molar-refractivity contribution in [1.82, 2.24) is 4.31 Å². The summed E-state index contributed by atoms with van der Waals surface area (Å²) in [6.45, 7) is 2.98. The normalized spacial score (nSPS) is 17.9. The predicted molar refractivity (Wildman–Crippen MR) is 132 cm³/mol. The molecule has 2 heterocycles. The number of sulfonamides is 1. The quantitative estimate of drug-likeness (QED) is 0.571. The van der Waals surface area contributed by atoms with Crippen LogP contribution in [-0.4, -0.2) is 25.2 Å². The topological polar surface area (TPSA) is 90.3 Å². The summed E-state index contributed by atoms with van der Waals surface area (Å²) in [7, 11) is -3.66. The molecule has 0 saturated heterocycles. The van der Waals surface area contributed by atoms with Gasteiger partial charge in [0, 0.05) is 23.5 Å². The van der Waals surface area contributed by atoms with Gasteiger partial charge < -0.3 is 5.32 Å². The summed E-state index contributed by atoms with van der Waals surface area (Å²) in [6, 6.07) is 16.2. The monoisotopic (exact) mass is 491 g/mol. The molecule has 34 heavy (non-hydrogen) atoms. The predicted octanol–water partition coefficient (Wildman–Crippen LogP) is 4.74. The number of fused-ring (bicyclic) bond motifs is 2. The zero-order valence-electron chi connectivity index (χ0n) is 18.9. The van der Waals surface area contributed by atoms with E-state index in [0.29, 0.717) is 41.6 Å². The molecule has 2 aromatic carbocycles. The molecule has 1 amide bonds. The Kier molecular flexibility index (Phi) is 6.02. The average molecular weight is 492 g/mol. The van der Waals surface area contributed by atoms with Crippen molar-refractivity contribution in [3.63, 3.8) is 0 Å². The van der Waals surface area contributed by atoms with Gasteiger partial charge in [-0.15, -0.1) is 11.3 Å². The molecule has 2 aliphatic rings. The Bertz CT molecular complexity index is 1400. The lowest BCUT2D eigenvalue weighted by Crippen LogP contribution is -2.35. The van der Waals surface area contributed by atoms with E-state index in [9.17, 15) is 18.5 Å². The highest BCUT2D eigenvalue weighted by Crippen LogP contribution is 2.39. The van der Waals surface area contributed by atoms with Crippen LogP contribution in [0.4, 0.5) is 5.00 Å². The number of benzene rings is 2. The van der Waals surface area contributed by atoms with Gasteiger partial charge in [-0.3, -0.25) is 4.79 Å². The highest BCUT2D eigenvalue weighted by Gasteiger charge is 2.29. The second-order valence-electron chi connectivity index (χ2n) is 9.00. The molecule has 0 radical (unpaired) electrons. The Balaban J connectivity index is 1.33. The first-order valence-electron chi connectivity index (χ1n) is 11.4. The zero-order chi connectivity index (χ0) is 23.9. The number of thiophene rings is 1. The average Bonchev–Trinajstić information content (AvgIpc) is 3.19. The number of nitriles is 1. The Hall–Kier alpha value is -2.99. The van der Waals surface area contributed by atoms with Gasteiger partial charge in [-0.1, -0.05) is 31.2 Å². The van der Waals surface area contributed by atoms with Crippen LogP contribution < -0.4 is 5.32 Å². The number of hydrogen-bond donors (Lipinski definition) is 1. The zero-order valence-corrected chi connectivity index (χ0v) is 20.5. The number of hydrogen-bond acceptors (Lipinski definition) is 5. The van der Waals surface area contributed by atoms with Gasteiger partial charge in [0.1, 0.15) is 11.1 Å². The van der Waals surface area contributed by atoms with Crippen molar-refractivity contribution in [2.24, 2.45) is 5.92 Å². The van der Waals surface area contributed by atoms with Crippen molar-refractivity contribution in [2.75, 3.05) is 11.9 Å². The molecule has 0 spiro atoms. The highest BCUT2D eigenvalue weighted by atomic mass is 32.2. The fourth-order valence-corrected chi connectivity index (χ4v) is 7.51. The van der Waals surface area contributed by atoms with Crippen LogP contribution in [0.2, 0.25) is 0 Å². The van der Waals surface area contributed by atoms with Crippen LogP contribution in [0, 0.1) is 17.2 Å². The highest BCUT2D eigenvalue weighted by molar-refractivity contribution is 7.89. The van der Waals surface area contributed by atoms with E-state index in [2.05, 4.69) is 18.3 Å². The second-order valence-corrected chi connectivity index (χ2v) is 12.0. The Labute approximate surface area is 203 Å². The van der Waals surface area contributed by atoms with E-state index in [1.807, 2.05) is 24.3 Å². The lowest BCUT2D eigenvalue weighted by Gasteiger charge is -2.28. The standard InChI is InChI=1S/C26H25N3O3S2/c1-17-6-11-22-23(15-27)26(33-24(22)14-17)28-25(30)19-7-9-21(10-8-19)34(31,32)29-13-12-18-4-2-3-5-20(18)16-29/h2-5,7-10,17H,6,11-14,16H2,1H3,(H,28,30). The maximum atomic E-state index is 13.2. The minimum atomic E-state index is -3.66. The van der Waals surface area contributed by atoms with Crippen LogP contribution in [0.25, 0.3) is 0 Å². The second kappa shape index (κ2) is 8.99. The van der Waals surface area contributed by atoms with Gasteiger partial charge in [-0.25, -0.2) is 8.42 Å². The molecule has 1 N–H and O–H groups in total. The van der Waals surface area contributed by atoms with E-state index >= 15 is 0 Å². The minimum absolute atomic E-state index is 0.168. The van der Waals surface area contributed by atoms with Crippen LogP contribution in [-0.2, 0) is 35.8 Å². The molecule has 5 rings (SSSR count). The van der Waals surface area contributed by atoms with Gasteiger partial charge in [-0.2, -0.15) is 9.57 Å². The molecule has 1 aliphatic carbocycles. The van der Waals surface area contributed by atoms with Crippen LogP contribution in [0.1, 0.15) is 50.8 Å². The van der Waals surface area contributed by atoms with Gasteiger partial charge in [-0.05, 0) is 72.6 Å². The van der Waals surface area contributed by atoms with Crippen LogP contribution >= 0.6 is 11.3 Å². The third kappa shape index (κ3) is 4.16. The van der Waals surface area contributed by atoms with Crippen molar-refractivity contribution >= 4 is 32.3 Å². The molecule has 1 atom stereocenters. The number of rotatable bonds is 4. The summed E-state index contributed by atoms with van der Waals surface area (Å²) in [5, 5.41) is 13.1. The first-order valence-corrected chi connectivity index (χ1v) is 13.7. The van der Waals surface area contributed by atoms with Crippen molar-refractivity contribution in [2.45, 2.75) is 44.0 Å². The maximum absolute atomic E-state index is 13.2. The molecule has 174 valence electrons. The molecule has 1 unspecified atom stereocenters. The van der Waals surface area contributed by atoms with E-state index in [4.69, 9.17) is 0 Å². The molecule has 0 bridgehead atoms. The largest absolute Gasteiger partial charge is 0.312 e. The van der Waals surface area contributed by atoms with E-state index in [1.54, 1.807) is 0 Å². The Morgan fingerprint density at radius 2 is 1.85 bits per heavy atom. The number of nitrogens with zero attached hydrogens (tertiary/aromatic N) is 2. The lowest BCUT2D eigenvalue weighted by atomic mass is 9.88. The van der Waals surface area contributed by atoms with Crippen molar-refractivity contribution in [3.8, 4) is 6.07 Å². The number of amides is 1. The summed E-state index contributed by atoms with van der Waals surface area (Å²) in [5.41, 5.74) is 4.18. The van der Waals surface area contributed by atoms with E-state index in [-0.39, 0.29) is 10.8 Å². The van der Waals surface area contributed by atoms with Crippen LogP contribution in [0.3, 0.4) is 0 Å². The lowest BCUT2D eigenvalue weighted by molar-refractivity contribution is 0.102. The molecule has 6 nitrogen and oxygen atoms in total. The fraction of sp³-hybridized carbons (Fsp3) is 0.308. The first-order chi connectivity index (χ1) is 16.4. The smallest absolute Gasteiger partial charge is 0.256 e. The molecule has 8 heteroatoms. The first kappa shape index (κ1) is 22.8. The molecule has 1 aromatic heterocycles. The Morgan fingerprint density at radius 1 is 1.12 bits per heavy atom. The van der Waals surface area contributed by atoms with Gasteiger partial charge in [0.2, 0.25) is 10.0 Å². The van der Waals surface area contributed by atoms with Gasteiger partial charge in [0.05, 0.1) is 10.5 Å². The van der Waals surface area contributed by atoms with E-state index in [0.717, 1.165) is 30.4 Å². The summed E-state index contributed by atoms with van der Waals surface area (Å²) in [6.07, 6.45) is 3.52. The molecule has 0 fully saturated rings. The van der Waals surface area contributed by atoms with Crippen LogP contribution in [0.15, 0.2) is 53.4 Å². The van der Waals surface area contributed by atoms with Gasteiger partial charge in [0.15, 0.2) is 0 Å². The molecular formula is C26H25N3O3S2. The van der Waals surface area contributed by atoms with E-state index < -0.39 is 10.0 Å². The third-order valence-electron chi connectivity index (χ3n) is 6.70. The number of carbonyl (C=O) groups excluding carboxylic acids is 1. The van der Waals surface area contributed by atoms with E-state index in [1.165, 1.54) is 50.3 Å². The maximum Gasteiger partial charge on any atom is 0.256 e. The summed E-state index contributed by atoms with van der Waals surface area (Å²) in [5.74, 6) is 0.225. The molecule has 3 aromatic rings. The van der Waals surface area contributed by atoms with Crippen molar-refractivity contribution in [1.29, 1.82) is 5.26 Å². The van der Waals surface area contributed by atoms with Crippen LogP contribution in [0.5, 0.6) is 0 Å². The molecule has 1 aliphatic heterocycles. The van der Waals surface area contributed by atoms with Crippen molar-refractivity contribution in [3.05, 3.63) is 81.2 Å². The summed E-state index contributed by atoms with van der Waals surface area (Å²) < 4.78 is 27.9. The Morgan fingerprint density at radius 3 is 2.59 bits per heavy atom.